The van der Waals surface area contributed by atoms with Gasteiger partial charge in [0.2, 0.25) is 5.91 Å². The van der Waals surface area contributed by atoms with Crippen LogP contribution in [0.4, 0.5) is 5.69 Å². The second-order valence-electron chi connectivity index (χ2n) is 5.40. The molecule has 0 saturated carbocycles. The van der Waals surface area contributed by atoms with Gasteiger partial charge in [0.25, 0.3) is 0 Å². The molecule has 1 N–H and O–H groups in total. The summed E-state index contributed by atoms with van der Waals surface area (Å²) in [5, 5.41) is 2.85. The van der Waals surface area contributed by atoms with Crippen molar-refractivity contribution in [2.75, 3.05) is 26.0 Å². The summed E-state index contributed by atoms with van der Waals surface area (Å²) in [5.74, 6) is 0.573. The average molecular weight is 442 g/mol. The number of ether oxygens (including phenoxy) is 1. The number of carbonyl (C=O) groups excluding carboxylic acids is 2. The average Bonchev–Trinajstić information content (AvgIpc) is 2.86. The highest BCUT2D eigenvalue weighted by Gasteiger charge is 2.17. The first-order valence-corrected chi connectivity index (χ1v) is 8.38. The van der Waals surface area contributed by atoms with E-state index in [2.05, 4.69) is 27.9 Å². The van der Waals surface area contributed by atoms with E-state index in [0.717, 1.165) is 9.26 Å². The van der Waals surface area contributed by atoms with Gasteiger partial charge in [-0.25, -0.2) is 4.79 Å². The normalized spacial score (nSPS) is 10.7. The third-order valence-electron chi connectivity index (χ3n) is 3.32. The van der Waals surface area contributed by atoms with Crippen molar-refractivity contribution in [2.24, 2.45) is 0 Å². The van der Waals surface area contributed by atoms with Crippen LogP contribution in [0.3, 0.4) is 0 Å². The first-order valence-electron chi connectivity index (χ1n) is 7.30. The van der Waals surface area contributed by atoms with Gasteiger partial charge in [-0.1, -0.05) is 6.07 Å². The molecule has 0 bridgehead atoms. The number of nitrogens with zero attached hydrogens (tertiary/aromatic N) is 1. The zero-order valence-corrected chi connectivity index (χ0v) is 15.9. The molecule has 0 aliphatic carbocycles. The molecule has 24 heavy (non-hydrogen) atoms. The van der Waals surface area contributed by atoms with Crippen molar-refractivity contribution < 1.29 is 18.7 Å². The van der Waals surface area contributed by atoms with E-state index < -0.39 is 5.97 Å². The molecule has 2 aromatic rings. The van der Waals surface area contributed by atoms with E-state index in [-0.39, 0.29) is 12.5 Å². The second-order valence-corrected chi connectivity index (χ2v) is 6.65. The summed E-state index contributed by atoms with van der Waals surface area (Å²) in [4.78, 5) is 25.5. The van der Waals surface area contributed by atoms with Crippen LogP contribution in [-0.4, -0.2) is 37.5 Å². The number of rotatable bonds is 6. The predicted molar refractivity (Wildman–Crippen MR) is 98.9 cm³/mol. The zero-order chi connectivity index (χ0) is 17.7. The SMILES string of the molecule is COC(=O)c1cc(CN(C)CC(=O)Nc2cccc(I)c2)oc1C. The van der Waals surface area contributed by atoms with E-state index in [4.69, 9.17) is 9.15 Å². The van der Waals surface area contributed by atoms with Crippen LogP contribution in [0, 0.1) is 10.5 Å². The van der Waals surface area contributed by atoms with Gasteiger partial charge >= 0.3 is 5.97 Å². The number of esters is 1. The number of halogens is 1. The van der Waals surface area contributed by atoms with Gasteiger partial charge in [-0.2, -0.15) is 0 Å². The summed E-state index contributed by atoms with van der Waals surface area (Å²) < 4.78 is 11.3. The van der Waals surface area contributed by atoms with Crippen molar-refractivity contribution in [1.29, 1.82) is 0 Å². The van der Waals surface area contributed by atoms with Crippen molar-refractivity contribution in [3.05, 3.63) is 51.0 Å². The first kappa shape index (κ1) is 18.5. The van der Waals surface area contributed by atoms with Gasteiger partial charge in [-0.15, -0.1) is 0 Å². The number of anilines is 1. The Morgan fingerprint density at radius 2 is 2.08 bits per heavy atom. The minimum Gasteiger partial charge on any atom is -0.465 e. The van der Waals surface area contributed by atoms with Crippen molar-refractivity contribution in [3.63, 3.8) is 0 Å². The molecule has 7 heteroatoms. The maximum atomic E-state index is 12.1. The number of likely N-dealkylation sites (N-methyl/N-ethyl adjacent to an activating group) is 1. The van der Waals surface area contributed by atoms with E-state index in [1.807, 2.05) is 36.2 Å². The van der Waals surface area contributed by atoms with Gasteiger partial charge < -0.3 is 14.5 Å². The lowest BCUT2D eigenvalue weighted by molar-refractivity contribution is -0.117. The van der Waals surface area contributed by atoms with Crippen molar-refractivity contribution in [2.45, 2.75) is 13.5 Å². The molecule has 6 nitrogen and oxygen atoms in total. The Balaban J connectivity index is 1.92. The molecule has 0 radical (unpaired) electrons. The minimum atomic E-state index is -0.429. The molecule has 1 amide bonds. The third-order valence-corrected chi connectivity index (χ3v) is 3.99. The van der Waals surface area contributed by atoms with E-state index in [1.165, 1.54) is 7.11 Å². The molecule has 0 saturated heterocycles. The lowest BCUT2D eigenvalue weighted by Crippen LogP contribution is -2.29. The maximum Gasteiger partial charge on any atom is 0.341 e. The Kier molecular flexibility index (Phi) is 6.38. The quantitative estimate of drug-likeness (QED) is 0.550. The lowest BCUT2D eigenvalue weighted by atomic mass is 10.2. The van der Waals surface area contributed by atoms with Gasteiger partial charge in [0.1, 0.15) is 17.1 Å². The van der Waals surface area contributed by atoms with E-state index >= 15 is 0 Å². The van der Waals surface area contributed by atoms with Crippen LogP contribution in [0.1, 0.15) is 21.9 Å². The topological polar surface area (TPSA) is 71.8 Å². The van der Waals surface area contributed by atoms with Crippen LogP contribution in [-0.2, 0) is 16.1 Å². The van der Waals surface area contributed by atoms with Crippen molar-refractivity contribution in [3.8, 4) is 0 Å². The van der Waals surface area contributed by atoms with Crippen LogP contribution < -0.4 is 5.32 Å². The van der Waals surface area contributed by atoms with Crippen LogP contribution in [0.2, 0.25) is 0 Å². The summed E-state index contributed by atoms with van der Waals surface area (Å²) in [6, 6.07) is 9.24. The summed E-state index contributed by atoms with van der Waals surface area (Å²) in [7, 11) is 3.14. The smallest absolute Gasteiger partial charge is 0.341 e. The molecule has 0 aliphatic heterocycles. The number of methoxy groups -OCH3 is 1. The van der Waals surface area contributed by atoms with Crippen LogP contribution in [0.15, 0.2) is 34.7 Å². The van der Waals surface area contributed by atoms with Crippen LogP contribution in [0.5, 0.6) is 0 Å². The number of hydrogen-bond donors (Lipinski definition) is 1. The molecular formula is C17H19IN2O4. The fraction of sp³-hybridized carbons (Fsp3) is 0.294. The molecule has 1 aromatic heterocycles. The first-order chi connectivity index (χ1) is 11.4. The fourth-order valence-corrected chi connectivity index (χ4v) is 2.81. The molecule has 0 spiro atoms. The Labute approximate surface area is 154 Å². The Morgan fingerprint density at radius 1 is 1.33 bits per heavy atom. The van der Waals surface area contributed by atoms with E-state index in [1.54, 1.807) is 13.0 Å². The fourth-order valence-electron chi connectivity index (χ4n) is 2.27. The molecule has 0 atom stereocenters. The number of benzene rings is 1. The van der Waals surface area contributed by atoms with Crippen LogP contribution >= 0.6 is 22.6 Å². The highest BCUT2D eigenvalue weighted by Crippen LogP contribution is 2.17. The van der Waals surface area contributed by atoms with Gasteiger partial charge in [0, 0.05) is 9.26 Å². The lowest BCUT2D eigenvalue weighted by Gasteiger charge is -2.14. The van der Waals surface area contributed by atoms with E-state index in [9.17, 15) is 9.59 Å². The summed E-state index contributed by atoms with van der Waals surface area (Å²) >= 11 is 2.19. The van der Waals surface area contributed by atoms with E-state index in [0.29, 0.717) is 23.6 Å². The monoisotopic (exact) mass is 442 g/mol. The number of carbonyl (C=O) groups is 2. The Bertz CT molecular complexity index is 742. The number of nitrogens with one attached hydrogen (secondary N) is 1. The molecule has 0 fully saturated rings. The molecule has 0 aliphatic rings. The predicted octanol–water partition coefficient (Wildman–Crippen LogP) is 3.05. The van der Waals surface area contributed by atoms with Crippen molar-refractivity contribution in [1.82, 2.24) is 4.90 Å². The van der Waals surface area contributed by atoms with Crippen molar-refractivity contribution >= 4 is 40.2 Å². The molecule has 1 aromatic carbocycles. The Hall–Kier alpha value is -1.87. The number of hydrogen-bond acceptors (Lipinski definition) is 5. The number of aryl methyl sites for hydroxylation is 1. The summed E-state index contributed by atoms with van der Waals surface area (Å²) in [5.41, 5.74) is 1.17. The highest BCUT2D eigenvalue weighted by molar-refractivity contribution is 14.1. The Morgan fingerprint density at radius 3 is 2.75 bits per heavy atom. The maximum absolute atomic E-state index is 12.1. The molecular weight excluding hydrogens is 423 g/mol. The summed E-state index contributed by atoms with van der Waals surface area (Å²) in [6.07, 6.45) is 0. The second kappa shape index (κ2) is 8.29. The number of amides is 1. The van der Waals surface area contributed by atoms with Gasteiger partial charge in [0.15, 0.2) is 0 Å². The third kappa shape index (κ3) is 5.07. The van der Waals surface area contributed by atoms with Gasteiger partial charge in [-0.3, -0.25) is 9.69 Å². The standard InChI is InChI=1S/C17H19IN2O4/c1-11-15(17(22)23-3)8-14(24-11)9-20(2)10-16(21)19-13-6-4-5-12(18)7-13/h4-8H,9-10H2,1-3H3,(H,19,21). The van der Waals surface area contributed by atoms with Crippen LogP contribution in [0.25, 0.3) is 0 Å². The minimum absolute atomic E-state index is 0.115. The molecule has 128 valence electrons. The molecule has 2 rings (SSSR count). The largest absolute Gasteiger partial charge is 0.465 e. The zero-order valence-electron chi connectivity index (χ0n) is 13.8. The van der Waals surface area contributed by atoms with Gasteiger partial charge in [-0.05, 0) is 60.8 Å². The highest BCUT2D eigenvalue weighted by atomic mass is 127. The van der Waals surface area contributed by atoms with Gasteiger partial charge in [0.05, 0.1) is 20.2 Å². The molecule has 0 unspecified atom stereocenters. The summed E-state index contributed by atoms with van der Waals surface area (Å²) in [6.45, 7) is 2.33. The molecule has 1 heterocycles. The number of furan rings is 1.